The minimum atomic E-state index is -0.246. The molecule has 2 heterocycles. The van der Waals surface area contributed by atoms with Crippen LogP contribution in [-0.2, 0) is 9.53 Å². The lowest BCUT2D eigenvalue weighted by Gasteiger charge is -2.36. The molecule has 2 rings (SSSR count). The van der Waals surface area contributed by atoms with Crippen LogP contribution in [0.5, 0.6) is 0 Å². The van der Waals surface area contributed by atoms with Gasteiger partial charge in [-0.15, -0.1) is 11.3 Å². The van der Waals surface area contributed by atoms with Crippen molar-refractivity contribution in [3.05, 3.63) is 22.4 Å². The summed E-state index contributed by atoms with van der Waals surface area (Å²) in [6.45, 7) is 4.54. The zero-order valence-electron chi connectivity index (χ0n) is 11.2. The quantitative estimate of drug-likeness (QED) is 0.778. The molecule has 1 aromatic rings. The SMILES string of the molecule is COC(=O)[C@@H](C)N1CCN(C(=O)c2cccs2)CC1. The van der Waals surface area contributed by atoms with Crippen molar-refractivity contribution in [2.45, 2.75) is 13.0 Å². The first-order valence-electron chi connectivity index (χ1n) is 6.28. The van der Waals surface area contributed by atoms with E-state index in [0.717, 1.165) is 4.88 Å². The fraction of sp³-hybridized carbons (Fsp3) is 0.538. The Balaban J connectivity index is 1.89. The van der Waals surface area contributed by atoms with Gasteiger partial charge in [0.1, 0.15) is 6.04 Å². The Hall–Kier alpha value is -1.40. The van der Waals surface area contributed by atoms with Crippen LogP contribution in [-0.4, -0.2) is 61.0 Å². The van der Waals surface area contributed by atoms with Crippen molar-refractivity contribution >= 4 is 23.2 Å². The normalized spacial score (nSPS) is 18.1. The van der Waals surface area contributed by atoms with Gasteiger partial charge in [-0.05, 0) is 18.4 Å². The molecule has 19 heavy (non-hydrogen) atoms. The summed E-state index contributed by atoms with van der Waals surface area (Å²) in [6, 6.07) is 3.48. The highest BCUT2D eigenvalue weighted by atomic mass is 32.1. The van der Waals surface area contributed by atoms with Gasteiger partial charge in [0, 0.05) is 26.2 Å². The summed E-state index contributed by atoms with van der Waals surface area (Å²) in [4.78, 5) is 28.3. The molecule has 5 nitrogen and oxygen atoms in total. The number of methoxy groups -OCH3 is 1. The molecule has 0 bridgehead atoms. The van der Waals surface area contributed by atoms with Crippen LogP contribution in [0, 0.1) is 0 Å². The predicted molar refractivity (Wildman–Crippen MR) is 73.3 cm³/mol. The average molecular weight is 282 g/mol. The van der Waals surface area contributed by atoms with Crippen LogP contribution < -0.4 is 0 Å². The molecular weight excluding hydrogens is 264 g/mol. The van der Waals surface area contributed by atoms with Gasteiger partial charge >= 0.3 is 5.97 Å². The first-order chi connectivity index (χ1) is 9.13. The molecule has 0 spiro atoms. The molecule has 1 aliphatic heterocycles. The Kier molecular flexibility index (Phi) is 4.55. The number of nitrogens with zero attached hydrogens (tertiary/aromatic N) is 2. The van der Waals surface area contributed by atoms with Crippen molar-refractivity contribution in [1.82, 2.24) is 9.80 Å². The second-order valence-corrected chi connectivity index (χ2v) is 5.45. The number of thiophene rings is 1. The fourth-order valence-electron chi connectivity index (χ4n) is 2.19. The van der Waals surface area contributed by atoms with Crippen LogP contribution in [0.15, 0.2) is 17.5 Å². The Bertz CT molecular complexity index is 439. The zero-order valence-corrected chi connectivity index (χ0v) is 12.0. The van der Waals surface area contributed by atoms with E-state index in [2.05, 4.69) is 0 Å². The number of amides is 1. The number of ether oxygens (including phenoxy) is 1. The molecule has 0 N–H and O–H groups in total. The highest BCUT2D eigenvalue weighted by Crippen LogP contribution is 2.15. The number of rotatable bonds is 3. The molecule has 1 aromatic heterocycles. The Morgan fingerprint density at radius 3 is 2.53 bits per heavy atom. The van der Waals surface area contributed by atoms with E-state index in [9.17, 15) is 9.59 Å². The van der Waals surface area contributed by atoms with E-state index in [4.69, 9.17) is 4.74 Å². The second-order valence-electron chi connectivity index (χ2n) is 4.50. The first kappa shape index (κ1) is 14.0. The van der Waals surface area contributed by atoms with Gasteiger partial charge < -0.3 is 9.64 Å². The van der Waals surface area contributed by atoms with Crippen molar-refractivity contribution in [2.24, 2.45) is 0 Å². The number of carbonyl (C=O) groups is 2. The van der Waals surface area contributed by atoms with Crippen molar-refractivity contribution in [3.63, 3.8) is 0 Å². The smallest absolute Gasteiger partial charge is 0.322 e. The Morgan fingerprint density at radius 1 is 1.32 bits per heavy atom. The lowest BCUT2D eigenvalue weighted by molar-refractivity contribution is -0.146. The number of hydrogen-bond donors (Lipinski definition) is 0. The summed E-state index contributed by atoms with van der Waals surface area (Å²) in [5, 5.41) is 1.91. The van der Waals surface area contributed by atoms with Gasteiger partial charge in [-0.25, -0.2) is 0 Å². The minimum absolute atomic E-state index is 0.0837. The van der Waals surface area contributed by atoms with Gasteiger partial charge in [0.2, 0.25) is 0 Å². The summed E-state index contributed by atoms with van der Waals surface area (Å²) in [5.41, 5.74) is 0. The molecule has 1 atom stereocenters. The summed E-state index contributed by atoms with van der Waals surface area (Å²) >= 11 is 1.46. The molecule has 0 aliphatic carbocycles. The third-order valence-corrected chi connectivity index (χ3v) is 4.28. The molecule has 0 saturated carbocycles. The Labute approximate surface area is 116 Å². The van der Waals surface area contributed by atoms with Crippen molar-refractivity contribution in [2.75, 3.05) is 33.3 Å². The van der Waals surface area contributed by atoms with E-state index >= 15 is 0 Å². The van der Waals surface area contributed by atoms with E-state index in [1.165, 1.54) is 18.4 Å². The third-order valence-electron chi connectivity index (χ3n) is 3.42. The molecule has 104 valence electrons. The van der Waals surface area contributed by atoms with Gasteiger partial charge in [0.25, 0.3) is 5.91 Å². The summed E-state index contributed by atoms with van der Waals surface area (Å²) in [6.07, 6.45) is 0. The van der Waals surface area contributed by atoms with Crippen LogP contribution in [0.2, 0.25) is 0 Å². The van der Waals surface area contributed by atoms with Crippen molar-refractivity contribution < 1.29 is 14.3 Å². The molecule has 1 saturated heterocycles. The number of hydrogen-bond acceptors (Lipinski definition) is 5. The van der Waals surface area contributed by atoms with Gasteiger partial charge in [-0.3, -0.25) is 14.5 Å². The zero-order chi connectivity index (χ0) is 13.8. The van der Waals surface area contributed by atoms with E-state index < -0.39 is 0 Å². The molecule has 0 unspecified atom stereocenters. The number of piperazine rings is 1. The number of esters is 1. The second kappa shape index (κ2) is 6.16. The third kappa shape index (κ3) is 3.13. The lowest BCUT2D eigenvalue weighted by atomic mass is 10.2. The minimum Gasteiger partial charge on any atom is -0.468 e. The van der Waals surface area contributed by atoms with E-state index in [1.54, 1.807) is 0 Å². The Morgan fingerprint density at radius 2 is 2.00 bits per heavy atom. The fourth-order valence-corrected chi connectivity index (χ4v) is 2.88. The van der Waals surface area contributed by atoms with E-state index in [0.29, 0.717) is 26.2 Å². The van der Waals surface area contributed by atoms with Gasteiger partial charge in [0.15, 0.2) is 0 Å². The molecule has 6 heteroatoms. The standard InChI is InChI=1S/C13H18N2O3S/c1-10(13(17)18-2)14-5-7-15(8-6-14)12(16)11-4-3-9-19-11/h3-4,9-10H,5-8H2,1-2H3/t10-/m1/s1. The van der Waals surface area contributed by atoms with Crippen LogP contribution in [0.25, 0.3) is 0 Å². The maximum absolute atomic E-state index is 12.2. The molecule has 0 aromatic carbocycles. The molecule has 1 fully saturated rings. The highest BCUT2D eigenvalue weighted by Gasteiger charge is 2.28. The van der Waals surface area contributed by atoms with Gasteiger partial charge in [-0.1, -0.05) is 6.07 Å². The molecule has 0 radical (unpaired) electrons. The maximum atomic E-state index is 12.2. The van der Waals surface area contributed by atoms with Crippen LogP contribution >= 0.6 is 11.3 Å². The first-order valence-corrected chi connectivity index (χ1v) is 7.16. The molecule has 1 aliphatic rings. The maximum Gasteiger partial charge on any atom is 0.322 e. The van der Waals surface area contributed by atoms with Gasteiger partial charge in [-0.2, -0.15) is 0 Å². The van der Waals surface area contributed by atoms with Gasteiger partial charge in [0.05, 0.1) is 12.0 Å². The predicted octanol–water partition coefficient (Wildman–Crippen LogP) is 1.07. The monoisotopic (exact) mass is 282 g/mol. The molecular formula is C13H18N2O3S. The largest absolute Gasteiger partial charge is 0.468 e. The summed E-state index contributed by atoms with van der Waals surface area (Å²) < 4.78 is 4.74. The van der Waals surface area contributed by atoms with Crippen molar-refractivity contribution in [1.29, 1.82) is 0 Å². The number of carbonyl (C=O) groups excluding carboxylic acids is 2. The topological polar surface area (TPSA) is 49.9 Å². The van der Waals surface area contributed by atoms with E-state index in [-0.39, 0.29) is 17.9 Å². The molecule has 1 amide bonds. The highest BCUT2D eigenvalue weighted by molar-refractivity contribution is 7.12. The van der Waals surface area contributed by atoms with E-state index in [1.807, 2.05) is 34.2 Å². The average Bonchev–Trinajstić information content (AvgIpc) is 2.99. The summed E-state index contributed by atoms with van der Waals surface area (Å²) in [5.74, 6) is -0.140. The van der Waals surface area contributed by atoms with Crippen LogP contribution in [0.3, 0.4) is 0 Å². The van der Waals surface area contributed by atoms with Crippen LogP contribution in [0.4, 0.5) is 0 Å². The summed E-state index contributed by atoms with van der Waals surface area (Å²) in [7, 11) is 1.40. The van der Waals surface area contributed by atoms with Crippen LogP contribution in [0.1, 0.15) is 16.6 Å². The van der Waals surface area contributed by atoms with Crippen molar-refractivity contribution in [3.8, 4) is 0 Å². The lowest BCUT2D eigenvalue weighted by Crippen LogP contribution is -2.53.